The van der Waals surface area contributed by atoms with Gasteiger partial charge in [0.15, 0.2) is 5.75 Å². The number of hydrogen-bond acceptors (Lipinski definition) is 4. The smallest absolute Gasteiger partial charge is 0.313 e. The number of aromatic nitrogens is 2. The molecule has 0 aliphatic heterocycles. The van der Waals surface area contributed by atoms with Crippen molar-refractivity contribution in [3.63, 3.8) is 0 Å². The zero-order valence-corrected chi connectivity index (χ0v) is 13.7. The van der Waals surface area contributed by atoms with E-state index in [0.717, 1.165) is 15.9 Å². The first-order valence-corrected chi connectivity index (χ1v) is 7.33. The molecule has 2 rings (SSSR count). The highest BCUT2D eigenvalue weighted by atomic mass is 79.9. The zero-order valence-electron chi connectivity index (χ0n) is 12.1. The molecule has 7 heteroatoms. The van der Waals surface area contributed by atoms with Crippen LogP contribution in [0, 0.1) is 24.0 Å². The Balaban J connectivity index is 2.29. The molecule has 1 aromatic heterocycles. The van der Waals surface area contributed by atoms with Gasteiger partial charge < -0.3 is 4.74 Å². The van der Waals surface area contributed by atoms with Crippen LogP contribution in [-0.2, 0) is 13.2 Å². The lowest BCUT2D eigenvalue weighted by molar-refractivity contribution is -0.386. The topological polar surface area (TPSA) is 70.2 Å². The molecule has 0 saturated heterocycles. The Kier molecular flexibility index (Phi) is 4.62. The summed E-state index contributed by atoms with van der Waals surface area (Å²) in [5.74, 6) is 0.272. The number of rotatable bonds is 5. The Bertz CT molecular complexity index is 682. The van der Waals surface area contributed by atoms with Gasteiger partial charge in [0.05, 0.1) is 20.8 Å². The number of hydrogen-bond donors (Lipinski definition) is 0. The number of para-hydroxylation sites is 1. The van der Waals surface area contributed by atoms with Gasteiger partial charge in [0.25, 0.3) is 0 Å². The second kappa shape index (κ2) is 6.26. The van der Waals surface area contributed by atoms with E-state index in [1.165, 1.54) is 0 Å². The molecule has 1 aromatic carbocycles. The summed E-state index contributed by atoms with van der Waals surface area (Å²) in [6, 6.07) is 5.05. The second-order valence-electron chi connectivity index (χ2n) is 4.63. The third kappa shape index (κ3) is 3.07. The van der Waals surface area contributed by atoms with E-state index in [4.69, 9.17) is 4.74 Å². The van der Waals surface area contributed by atoms with E-state index >= 15 is 0 Å². The summed E-state index contributed by atoms with van der Waals surface area (Å²) in [4.78, 5) is 10.7. The van der Waals surface area contributed by atoms with Crippen LogP contribution in [0.25, 0.3) is 0 Å². The molecule has 0 unspecified atom stereocenters. The Hall–Kier alpha value is -1.89. The average molecular weight is 354 g/mol. The van der Waals surface area contributed by atoms with E-state index < -0.39 is 4.92 Å². The van der Waals surface area contributed by atoms with Crippen molar-refractivity contribution < 1.29 is 9.66 Å². The van der Waals surface area contributed by atoms with Crippen LogP contribution >= 0.6 is 15.9 Å². The van der Waals surface area contributed by atoms with E-state index in [1.807, 2.05) is 18.5 Å². The number of aryl methyl sites for hydroxylation is 3. The molecule has 0 amide bonds. The summed E-state index contributed by atoms with van der Waals surface area (Å²) in [5, 5.41) is 15.5. The van der Waals surface area contributed by atoms with E-state index in [-0.39, 0.29) is 18.0 Å². The first-order chi connectivity index (χ1) is 9.95. The van der Waals surface area contributed by atoms with Crippen molar-refractivity contribution in [1.29, 1.82) is 0 Å². The normalized spacial score (nSPS) is 10.7. The van der Waals surface area contributed by atoms with Gasteiger partial charge in [0.2, 0.25) is 0 Å². The Labute approximate surface area is 131 Å². The van der Waals surface area contributed by atoms with Gasteiger partial charge in [-0.15, -0.1) is 0 Å². The molecule has 0 N–H and O–H groups in total. The fraction of sp³-hybridized carbons (Fsp3) is 0.357. The third-order valence-electron chi connectivity index (χ3n) is 3.20. The summed E-state index contributed by atoms with van der Waals surface area (Å²) in [6.45, 7) is 6.51. The van der Waals surface area contributed by atoms with Crippen LogP contribution in [0.4, 0.5) is 5.69 Å². The summed E-state index contributed by atoms with van der Waals surface area (Å²) < 4.78 is 8.36. The highest BCUT2D eigenvalue weighted by Crippen LogP contribution is 2.31. The number of nitro benzene ring substituents is 1. The lowest BCUT2D eigenvalue weighted by atomic mass is 10.2. The van der Waals surface area contributed by atoms with Crippen molar-refractivity contribution in [2.75, 3.05) is 0 Å². The molecule has 0 aliphatic carbocycles. The molecule has 21 heavy (non-hydrogen) atoms. The summed E-state index contributed by atoms with van der Waals surface area (Å²) >= 11 is 3.48. The average Bonchev–Trinajstić information content (AvgIpc) is 2.71. The van der Waals surface area contributed by atoms with Gasteiger partial charge in [-0.1, -0.05) is 12.1 Å². The van der Waals surface area contributed by atoms with Crippen molar-refractivity contribution in [2.24, 2.45) is 0 Å². The van der Waals surface area contributed by atoms with Crippen molar-refractivity contribution in [2.45, 2.75) is 33.9 Å². The summed E-state index contributed by atoms with van der Waals surface area (Å²) in [6.07, 6.45) is 0. The largest absolute Gasteiger partial charge is 0.480 e. The van der Waals surface area contributed by atoms with Crippen LogP contribution in [0.5, 0.6) is 5.75 Å². The molecule has 0 bridgehead atoms. The van der Waals surface area contributed by atoms with E-state index in [0.29, 0.717) is 12.1 Å². The van der Waals surface area contributed by atoms with E-state index in [9.17, 15) is 10.1 Å². The predicted molar refractivity (Wildman–Crippen MR) is 82.5 cm³/mol. The second-order valence-corrected chi connectivity index (χ2v) is 5.42. The fourth-order valence-electron chi connectivity index (χ4n) is 2.14. The van der Waals surface area contributed by atoms with Crippen LogP contribution < -0.4 is 4.74 Å². The highest BCUT2D eigenvalue weighted by molar-refractivity contribution is 9.10. The number of nitrogens with zero attached hydrogens (tertiary/aromatic N) is 3. The number of halogens is 1. The quantitative estimate of drug-likeness (QED) is 0.605. The molecule has 0 aliphatic rings. The minimum absolute atomic E-state index is 0.00732. The molecule has 0 radical (unpaired) electrons. The molecule has 0 spiro atoms. The standard InChI is InChI=1S/C14H16BrN3O3/c1-4-17-11(13(15)10(3)16-17)8-21-12-7-5-6-9(2)14(12)18(19)20/h5-7H,4,8H2,1-3H3. The number of nitro groups is 1. The maximum Gasteiger partial charge on any atom is 0.313 e. The van der Waals surface area contributed by atoms with Crippen LogP contribution in [0.1, 0.15) is 23.9 Å². The maximum atomic E-state index is 11.1. The van der Waals surface area contributed by atoms with E-state index in [1.54, 1.807) is 25.1 Å². The monoisotopic (exact) mass is 353 g/mol. The SMILES string of the molecule is CCn1nc(C)c(Br)c1COc1cccc(C)c1[N+](=O)[O-]. The zero-order chi connectivity index (χ0) is 15.6. The Morgan fingerprint density at radius 2 is 2.14 bits per heavy atom. The third-order valence-corrected chi connectivity index (χ3v) is 4.23. The molecule has 112 valence electrons. The minimum Gasteiger partial charge on any atom is -0.480 e. The predicted octanol–water partition coefficient (Wildman–Crippen LogP) is 3.77. The van der Waals surface area contributed by atoms with E-state index in [2.05, 4.69) is 21.0 Å². The van der Waals surface area contributed by atoms with Crippen LogP contribution in [-0.4, -0.2) is 14.7 Å². The lowest BCUT2D eigenvalue weighted by Crippen LogP contribution is -2.07. The number of ether oxygens (including phenoxy) is 1. The molecule has 1 heterocycles. The van der Waals surface area contributed by atoms with Gasteiger partial charge in [0, 0.05) is 12.1 Å². The van der Waals surface area contributed by atoms with Crippen LogP contribution in [0.2, 0.25) is 0 Å². The van der Waals surface area contributed by atoms with Gasteiger partial charge >= 0.3 is 5.69 Å². The first-order valence-electron chi connectivity index (χ1n) is 6.54. The Morgan fingerprint density at radius 1 is 1.43 bits per heavy atom. The molecular formula is C14H16BrN3O3. The minimum atomic E-state index is -0.415. The van der Waals surface area contributed by atoms with Crippen molar-refractivity contribution in [1.82, 2.24) is 9.78 Å². The summed E-state index contributed by atoms with van der Waals surface area (Å²) in [7, 11) is 0. The first kappa shape index (κ1) is 15.5. The maximum absolute atomic E-state index is 11.1. The van der Waals surface area contributed by atoms with Gasteiger partial charge in [-0.2, -0.15) is 5.10 Å². The van der Waals surface area contributed by atoms with Crippen LogP contribution in [0.15, 0.2) is 22.7 Å². The summed E-state index contributed by atoms with van der Waals surface area (Å²) in [5.41, 5.74) is 2.32. The number of benzene rings is 1. The van der Waals surface area contributed by atoms with Gasteiger partial charge in [-0.05, 0) is 42.8 Å². The lowest BCUT2D eigenvalue weighted by Gasteiger charge is -2.09. The van der Waals surface area contributed by atoms with Gasteiger partial charge in [0.1, 0.15) is 6.61 Å². The van der Waals surface area contributed by atoms with Crippen molar-refractivity contribution >= 4 is 21.6 Å². The highest BCUT2D eigenvalue weighted by Gasteiger charge is 2.20. The van der Waals surface area contributed by atoms with Gasteiger partial charge in [-0.3, -0.25) is 14.8 Å². The molecular weight excluding hydrogens is 338 g/mol. The fourth-order valence-corrected chi connectivity index (χ4v) is 2.53. The molecule has 0 fully saturated rings. The van der Waals surface area contributed by atoms with Crippen molar-refractivity contribution in [3.05, 3.63) is 49.7 Å². The molecule has 2 aromatic rings. The van der Waals surface area contributed by atoms with Crippen molar-refractivity contribution in [3.8, 4) is 5.75 Å². The molecule has 6 nitrogen and oxygen atoms in total. The van der Waals surface area contributed by atoms with Crippen LogP contribution in [0.3, 0.4) is 0 Å². The van der Waals surface area contributed by atoms with Gasteiger partial charge in [-0.25, -0.2) is 0 Å². The Morgan fingerprint density at radius 3 is 2.76 bits per heavy atom. The molecule has 0 atom stereocenters. The molecule has 0 saturated carbocycles.